The number of carbonyl (C=O) groups excluding carboxylic acids is 2. The van der Waals surface area contributed by atoms with Crippen molar-refractivity contribution in [3.05, 3.63) is 58.2 Å². The molecule has 9 nitrogen and oxygen atoms in total. The molecule has 1 heterocycles. The highest BCUT2D eigenvalue weighted by Gasteiger charge is 2.23. The van der Waals surface area contributed by atoms with Crippen molar-refractivity contribution in [3.63, 3.8) is 0 Å². The maximum absolute atomic E-state index is 12.8. The van der Waals surface area contributed by atoms with Gasteiger partial charge in [0.1, 0.15) is 11.7 Å². The zero-order valence-corrected chi connectivity index (χ0v) is 18.0. The molecule has 3 rings (SSSR count). The molecule has 3 N–H and O–H groups in total. The first-order valence-electron chi connectivity index (χ1n) is 10.4. The van der Waals surface area contributed by atoms with Crippen LogP contribution in [0.15, 0.2) is 36.8 Å². The molecule has 31 heavy (non-hydrogen) atoms. The Kier molecular flexibility index (Phi) is 8.45. The van der Waals surface area contributed by atoms with Gasteiger partial charge in [-0.25, -0.2) is 4.98 Å². The number of thioether (sulfide) groups is 1. The zero-order chi connectivity index (χ0) is 22.1. The van der Waals surface area contributed by atoms with Crippen LogP contribution in [0.5, 0.6) is 0 Å². The van der Waals surface area contributed by atoms with Gasteiger partial charge in [0.15, 0.2) is 0 Å². The number of amides is 2. The Morgan fingerprint density at radius 1 is 1.23 bits per heavy atom. The number of nitrogens with zero attached hydrogens (tertiary/aromatic N) is 2. The molecule has 10 heteroatoms. The lowest BCUT2D eigenvalue weighted by Gasteiger charge is -2.23. The van der Waals surface area contributed by atoms with Crippen molar-refractivity contribution in [2.75, 3.05) is 11.5 Å². The third-order valence-corrected chi connectivity index (χ3v) is 6.62. The van der Waals surface area contributed by atoms with E-state index in [4.69, 9.17) is 0 Å². The van der Waals surface area contributed by atoms with Crippen molar-refractivity contribution < 1.29 is 14.5 Å². The van der Waals surface area contributed by atoms with Gasteiger partial charge in [0.2, 0.25) is 5.91 Å². The van der Waals surface area contributed by atoms with E-state index in [0.29, 0.717) is 17.4 Å². The minimum Gasteiger partial charge on any atom is -0.350 e. The van der Waals surface area contributed by atoms with Crippen LogP contribution in [0.25, 0.3) is 0 Å². The number of carbonyl (C=O) groups is 2. The van der Waals surface area contributed by atoms with Gasteiger partial charge in [0, 0.05) is 24.4 Å². The van der Waals surface area contributed by atoms with Crippen molar-refractivity contribution in [1.29, 1.82) is 0 Å². The maximum Gasteiger partial charge on any atom is 0.270 e. The van der Waals surface area contributed by atoms with Crippen LogP contribution in [0.4, 0.5) is 5.69 Å². The van der Waals surface area contributed by atoms with Crippen LogP contribution in [0, 0.1) is 16.0 Å². The minimum atomic E-state index is -0.692. The number of rotatable bonds is 10. The minimum absolute atomic E-state index is 0.00103. The van der Waals surface area contributed by atoms with E-state index in [1.165, 1.54) is 56.8 Å². The molecule has 1 aliphatic carbocycles. The molecule has 1 atom stereocenters. The zero-order valence-electron chi connectivity index (χ0n) is 17.2. The van der Waals surface area contributed by atoms with Crippen molar-refractivity contribution >= 4 is 29.3 Å². The summed E-state index contributed by atoms with van der Waals surface area (Å²) in [7, 11) is 0. The molecule has 0 bridgehead atoms. The molecule has 0 unspecified atom stereocenters. The first kappa shape index (κ1) is 22.8. The van der Waals surface area contributed by atoms with E-state index in [-0.39, 0.29) is 24.0 Å². The van der Waals surface area contributed by atoms with Gasteiger partial charge in [-0.1, -0.05) is 31.4 Å². The van der Waals surface area contributed by atoms with Gasteiger partial charge in [0.25, 0.3) is 11.6 Å². The van der Waals surface area contributed by atoms with E-state index in [1.54, 1.807) is 23.9 Å². The first-order valence-corrected chi connectivity index (χ1v) is 11.6. The summed E-state index contributed by atoms with van der Waals surface area (Å²) in [6, 6.07) is 5.32. The number of hydrogen-bond donors (Lipinski definition) is 3. The summed E-state index contributed by atoms with van der Waals surface area (Å²) in [5.41, 5.74) is 1.04. The maximum atomic E-state index is 12.8. The summed E-state index contributed by atoms with van der Waals surface area (Å²) in [4.78, 5) is 42.1. The molecule has 2 aromatic rings. The van der Waals surface area contributed by atoms with E-state index in [2.05, 4.69) is 20.6 Å². The smallest absolute Gasteiger partial charge is 0.270 e. The Morgan fingerprint density at radius 3 is 2.61 bits per heavy atom. The van der Waals surface area contributed by atoms with Gasteiger partial charge in [-0.3, -0.25) is 19.7 Å². The van der Waals surface area contributed by atoms with E-state index in [0.717, 1.165) is 11.3 Å². The summed E-state index contributed by atoms with van der Waals surface area (Å²) < 4.78 is 0. The topological polar surface area (TPSA) is 130 Å². The van der Waals surface area contributed by atoms with E-state index >= 15 is 0 Å². The standard InChI is InChI=1S/C21H27N5O4S/c27-20(23-10-15-6-8-17(9-7-15)26(29)30)19(25-21(28)18-11-22-14-24-18)13-31-12-16-4-2-1-3-5-16/h6-9,11,14,16,19H,1-5,10,12-13H2,(H,22,24)(H,23,27)(H,25,28)/t19-/m0/s1. The highest BCUT2D eigenvalue weighted by molar-refractivity contribution is 7.99. The summed E-state index contributed by atoms with van der Waals surface area (Å²) in [6.45, 7) is 0.223. The van der Waals surface area contributed by atoms with Crippen molar-refractivity contribution in [3.8, 4) is 0 Å². The number of non-ortho nitro benzene ring substituents is 1. The van der Waals surface area contributed by atoms with Crippen molar-refractivity contribution in [2.45, 2.75) is 44.7 Å². The van der Waals surface area contributed by atoms with Gasteiger partial charge in [-0.15, -0.1) is 0 Å². The average molecular weight is 446 g/mol. The molecule has 1 fully saturated rings. The van der Waals surface area contributed by atoms with E-state index < -0.39 is 11.0 Å². The second-order valence-corrected chi connectivity index (χ2v) is 8.75. The number of nitro groups is 1. The van der Waals surface area contributed by atoms with Gasteiger partial charge in [0.05, 0.1) is 17.4 Å². The molecule has 0 spiro atoms. The third-order valence-electron chi connectivity index (χ3n) is 5.34. The highest BCUT2D eigenvalue weighted by Crippen LogP contribution is 2.27. The molecule has 1 aliphatic rings. The third kappa shape index (κ3) is 7.09. The number of H-pyrrole nitrogens is 1. The predicted molar refractivity (Wildman–Crippen MR) is 119 cm³/mol. The van der Waals surface area contributed by atoms with Crippen LogP contribution in [0.1, 0.15) is 48.2 Å². The van der Waals surface area contributed by atoms with Crippen molar-refractivity contribution in [1.82, 2.24) is 20.6 Å². The number of nitro benzene ring substituents is 1. The predicted octanol–water partition coefficient (Wildman–Crippen LogP) is 3.05. The van der Waals surface area contributed by atoms with E-state index in [9.17, 15) is 19.7 Å². The number of hydrogen-bond acceptors (Lipinski definition) is 6. The van der Waals surface area contributed by atoms with Crippen LogP contribution in [-0.4, -0.2) is 44.3 Å². The molecular weight excluding hydrogens is 418 g/mol. The Balaban J connectivity index is 1.55. The monoisotopic (exact) mass is 445 g/mol. The molecule has 0 saturated heterocycles. The van der Waals surface area contributed by atoms with Crippen LogP contribution < -0.4 is 10.6 Å². The number of benzene rings is 1. The van der Waals surface area contributed by atoms with Crippen molar-refractivity contribution in [2.24, 2.45) is 5.92 Å². The van der Waals surface area contributed by atoms with Gasteiger partial charge >= 0.3 is 0 Å². The Hall–Kier alpha value is -2.88. The largest absolute Gasteiger partial charge is 0.350 e. The molecule has 1 saturated carbocycles. The summed E-state index contributed by atoms with van der Waals surface area (Å²) in [5.74, 6) is 1.45. The first-order chi connectivity index (χ1) is 15.0. The molecule has 0 aliphatic heterocycles. The van der Waals surface area contributed by atoms with Crippen LogP contribution in [0.3, 0.4) is 0 Å². The molecule has 1 aromatic carbocycles. The number of imidazole rings is 1. The molecule has 166 valence electrons. The second kappa shape index (κ2) is 11.5. The summed E-state index contributed by atoms with van der Waals surface area (Å²) in [5, 5.41) is 16.4. The Bertz CT molecular complexity index is 866. The lowest BCUT2D eigenvalue weighted by molar-refractivity contribution is -0.384. The Morgan fingerprint density at radius 2 is 1.97 bits per heavy atom. The van der Waals surface area contributed by atoms with Gasteiger partial charge in [-0.2, -0.15) is 11.8 Å². The number of aromatic amines is 1. The second-order valence-electron chi connectivity index (χ2n) is 7.67. The van der Waals surface area contributed by atoms with Crippen LogP contribution in [0.2, 0.25) is 0 Å². The SMILES string of the molecule is O=C(N[C@@H](CSCC1CCCCC1)C(=O)NCc1ccc([N+](=O)[O-])cc1)c1cnc[nH]1. The number of aromatic nitrogens is 2. The fraction of sp³-hybridized carbons (Fsp3) is 0.476. The summed E-state index contributed by atoms with van der Waals surface area (Å²) >= 11 is 1.69. The molecule has 1 aromatic heterocycles. The summed E-state index contributed by atoms with van der Waals surface area (Å²) in [6.07, 6.45) is 9.11. The van der Waals surface area contributed by atoms with Crippen LogP contribution in [-0.2, 0) is 11.3 Å². The molecular formula is C21H27N5O4S. The lowest BCUT2D eigenvalue weighted by atomic mass is 9.91. The average Bonchev–Trinajstić information content (AvgIpc) is 3.33. The normalized spacial score (nSPS) is 15.2. The fourth-order valence-electron chi connectivity index (χ4n) is 3.55. The van der Waals surface area contributed by atoms with Gasteiger partial charge < -0.3 is 15.6 Å². The highest BCUT2D eigenvalue weighted by atomic mass is 32.2. The Labute approximate surface area is 184 Å². The molecule has 2 amide bonds. The molecule has 0 radical (unpaired) electrons. The fourth-order valence-corrected chi connectivity index (χ4v) is 4.83. The van der Waals surface area contributed by atoms with Gasteiger partial charge in [-0.05, 0) is 30.1 Å². The number of nitrogens with one attached hydrogen (secondary N) is 3. The quantitative estimate of drug-likeness (QED) is 0.381. The lowest BCUT2D eigenvalue weighted by Crippen LogP contribution is -2.48. The van der Waals surface area contributed by atoms with E-state index in [1.807, 2.05) is 0 Å². The van der Waals surface area contributed by atoms with Crippen LogP contribution >= 0.6 is 11.8 Å².